The molecule has 2 aromatic carbocycles. The summed E-state index contributed by atoms with van der Waals surface area (Å²) in [5.41, 5.74) is 4.10. The van der Waals surface area contributed by atoms with Gasteiger partial charge in [-0.1, -0.05) is 52.7 Å². The Kier molecular flexibility index (Phi) is 6.37. The van der Waals surface area contributed by atoms with E-state index in [1.165, 1.54) is 16.9 Å². The lowest BCUT2D eigenvalue weighted by atomic mass is 10.0. The van der Waals surface area contributed by atoms with Crippen LogP contribution in [0.1, 0.15) is 16.7 Å². The molecule has 0 spiro atoms. The summed E-state index contributed by atoms with van der Waals surface area (Å²) in [6.07, 6.45) is 0.251. The number of nitrogens with zero attached hydrogens (tertiary/aromatic N) is 2. The summed E-state index contributed by atoms with van der Waals surface area (Å²) >= 11 is 14.1. The number of aryl methyl sites for hydroxylation is 2. The van der Waals surface area contributed by atoms with E-state index in [-0.39, 0.29) is 12.3 Å². The molecule has 0 aliphatic carbocycles. The minimum Gasteiger partial charge on any atom is -0.383 e. The summed E-state index contributed by atoms with van der Waals surface area (Å²) in [6.45, 7) is 5.10. The third-order valence-corrected chi connectivity index (χ3v) is 6.24. The Balaban J connectivity index is 2.03. The Morgan fingerprint density at radius 2 is 1.89 bits per heavy atom. The highest BCUT2D eigenvalue weighted by atomic mass is 35.5. The molecule has 0 atom stereocenters. The van der Waals surface area contributed by atoms with E-state index in [0.717, 1.165) is 21.3 Å². The number of fused-ring (bicyclic) bond motifs is 1. The molecule has 7 heteroatoms. The van der Waals surface area contributed by atoms with Gasteiger partial charge in [-0.15, -0.1) is 0 Å². The molecule has 0 unspecified atom stereocenters. The van der Waals surface area contributed by atoms with Gasteiger partial charge in [0.05, 0.1) is 33.3 Å². The van der Waals surface area contributed by atoms with Gasteiger partial charge in [0.1, 0.15) is 0 Å². The zero-order valence-corrected chi connectivity index (χ0v) is 17.7. The summed E-state index contributed by atoms with van der Waals surface area (Å²) in [7, 11) is 1.63. The van der Waals surface area contributed by atoms with Gasteiger partial charge in [0.2, 0.25) is 0 Å². The van der Waals surface area contributed by atoms with Crippen LogP contribution in [0.25, 0.3) is 10.2 Å². The summed E-state index contributed by atoms with van der Waals surface area (Å²) in [6, 6.07) is 9.52. The summed E-state index contributed by atoms with van der Waals surface area (Å²) < 4.78 is 7.91. The number of carbonyl (C=O) groups excluding carboxylic acids is 1. The Bertz CT molecular complexity index is 1070. The van der Waals surface area contributed by atoms with Crippen LogP contribution in [-0.2, 0) is 22.5 Å². The van der Waals surface area contributed by atoms with Crippen molar-refractivity contribution in [2.45, 2.75) is 26.8 Å². The molecular weight excluding hydrogens is 403 g/mol. The lowest BCUT2D eigenvalue weighted by Crippen LogP contribution is -2.20. The van der Waals surface area contributed by atoms with Gasteiger partial charge < -0.3 is 9.30 Å². The number of thiazole rings is 1. The van der Waals surface area contributed by atoms with Crippen molar-refractivity contribution >= 4 is 50.7 Å². The quantitative estimate of drug-likeness (QED) is 0.583. The minimum atomic E-state index is -0.205. The van der Waals surface area contributed by atoms with Crippen LogP contribution in [0, 0.1) is 13.8 Å². The summed E-state index contributed by atoms with van der Waals surface area (Å²) in [4.78, 5) is 17.5. The molecule has 1 amide bonds. The van der Waals surface area contributed by atoms with E-state index in [9.17, 15) is 4.79 Å². The maximum atomic E-state index is 12.6. The molecule has 142 valence electrons. The fourth-order valence-electron chi connectivity index (χ4n) is 2.82. The second kappa shape index (κ2) is 8.57. The molecule has 0 radical (unpaired) electrons. The first kappa shape index (κ1) is 20.1. The summed E-state index contributed by atoms with van der Waals surface area (Å²) in [5.74, 6) is -0.205. The number of halogens is 2. The largest absolute Gasteiger partial charge is 0.383 e. The number of rotatable bonds is 5. The topological polar surface area (TPSA) is 43.6 Å². The van der Waals surface area contributed by atoms with E-state index in [1.807, 2.05) is 29.7 Å². The van der Waals surface area contributed by atoms with Gasteiger partial charge in [0.25, 0.3) is 5.91 Å². The Morgan fingerprint density at radius 1 is 1.15 bits per heavy atom. The van der Waals surface area contributed by atoms with Gasteiger partial charge in [0.15, 0.2) is 4.80 Å². The molecule has 3 aromatic rings. The molecule has 0 aliphatic heterocycles. The van der Waals surface area contributed by atoms with E-state index in [1.54, 1.807) is 19.2 Å². The van der Waals surface area contributed by atoms with Crippen molar-refractivity contribution in [2.24, 2.45) is 4.99 Å². The molecule has 27 heavy (non-hydrogen) atoms. The second-order valence-corrected chi connectivity index (χ2v) is 8.13. The average molecular weight is 423 g/mol. The molecule has 0 saturated heterocycles. The number of methoxy groups -OCH3 is 1. The monoisotopic (exact) mass is 422 g/mol. The van der Waals surface area contributed by atoms with Gasteiger partial charge in [0, 0.05) is 13.7 Å². The smallest absolute Gasteiger partial charge is 0.252 e. The fourth-order valence-corrected chi connectivity index (χ4v) is 4.51. The highest BCUT2D eigenvalue weighted by Gasteiger charge is 2.14. The van der Waals surface area contributed by atoms with E-state index >= 15 is 0 Å². The van der Waals surface area contributed by atoms with Crippen molar-refractivity contribution in [2.75, 3.05) is 13.7 Å². The number of hydrogen-bond acceptors (Lipinski definition) is 3. The Morgan fingerprint density at radius 3 is 2.59 bits per heavy atom. The lowest BCUT2D eigenvalue weighted by molar-refractivity contribution is -0.117. The summed E-state index contributed by atoms with van der Waals surface area (Å²) in [5, 5.41) is 1.17. The average Bonchev–Trinajstić information content (AvgIpc) is 2.99. The molecule has 0 N–H and O–H groups in total. The van der Waals surface area contributed by atoms with E-state index < -0.39 is 0 Å². The molecule has 1 heterocycles. The maximum Gasteiger partial charge on any atom is 0.252 e. The number of ether oxygens (including phenoxy) is 1. The molecule has 4 nitrogen and oxygen atoms in total. The maximum absolute atomic E-state index is 12.6. The Labute approximate surface area is 172 Å². The lowest BCUT2D eigenvalue weighted by Gasteiger charge is -2.06. The SMILES string of the molecule is COCCn1c(=NC(=O)Cc2ccc(C)c(C)c2)sc2c(Cl)ccc(Cl)c21. The first-order valence-corrected chi connectivity index (χ1v) is 10.1. The van der Waals surface area contributed by atoms with Gasteiger partial charge in [-0.2, -0.15) is 4.99 Å². The molecule has 0 bridgehead atoms. The highest BCUT2D eigenvalue weighted by Crippen LogP contribution is 2.31. The standard InChI is InChI=1S/C20H20Cl2N2O2S/c1-12-4-5-14(10-13(12)2)11-17(25)23-20-24(8-9-26-3)18-15(21)6-7-16(22)19(18)27-20/h4-7,10H,8-9,11H2,1-3H3. The second-order valence-electron chi connectivity index (χ2n) is 6.34. The van der Waals surface area contributed by atoms with Gasteiger partial charge >= 0.3 is 0 Å². The molecule has 1 aromatic heterocycles. The van der Waals surface area contributed by atoms with E-state index in [4.69, 9.17) is 27.9 Å². The minimum absolute atomic E-state index is 0.205. The number of carbonyl (C=O) groups is 1. The number of aromatic nitrogens is 1. The van der Waals surface area contributed by atoms with Crippen molar-refractivity contribution in [3.63, 3.8) is 0 Å². The molecule has 3 rings (SSSR count). The van der Waals surface area contributed by atoms with E-state index in [2.05, 4.69) is 11.9 Å². The van der Waals surface area contributed by atoms with Gasteiger partial charge in [-0.3, -0.25) is 4.79 Å². The number of hydrogen-bond donors (Lipinski definition) is 0. The van der Waals surface area contributed by atoms with Gasteiger partial charge in [-0.25, -0.2) is 0 Å². The number of benzene rings is 2. The number of amides is 1. The molecule has 0 aliphatic rings. The molecule has 0 fully saturated rings. The van der Waals surface area contributed by atoms with Gasteiger partial charge in [-0.05, 0) is 42.7 Å². The molecular formula is C20H20Cl2N2O2S. The van der Waals surface area contributed by atoms with Crippen molar-refractivity contribution in [1.82, 2.24) is 4.57 Å². The zero-order chi connectivity index (χ0) is 19.6. The van der Waals surface area contributed by atoms with Crippen LogP contribution in [0.4, 0.5) is 0 Å². The predicted molar refractivity (Wildman–Crippen MR) is 112 cm³/mol. The van der Waals surface area contributed by atoms with Crippen LogP contribution in [0.3, 0.4) is 0 Å². The Hall–Kier alpha value is -1.66. The van der Waals surface area contributed by atoms with Crippen molar-refractivity contribution in [3.8, 4) is 0 Å². The van der Waals surface area contributed by atoms with Crippen LogP contribution in [-0.4, -0.2) is 24.2 Å². The first-order valence-electron chi connectivity index (χ1n) is 8.50. The zero-order valence-electron chi connectivity index (χ0n) is 15.4. The fraction of sp³-hybridized carbons (Fsp3) is 0.300. The third-order valence-electron chi connectivity index (χ3n) is 4.39. The van der Waals surface area contributed by atoms with Crippen LogP contribution < -0.4 is 4.80 Å². The predicted octanol–water partition coefficient (Wildman–Crippen LogP) is 4.94. The van der Waals surface area contributed by atoms with E-state index in [0.29, 0.717) is 28.0 Å². The van der Waals surface area contributed by atoms with Crippen molar-refractivity contribution < 1.29 is 9.53 Å². The third kappa shape index (κ3) is 4.43. The van der Waals surface area contributed by atoms with Crippen molar-refractivity contribution in [3.05, 3.63) is 61.9 Å². The normalized spacial score (nSPS) is 12.1. The highest BCUT2D eigenvalue weighted by molar-refractivity contribution is 7.17. The first-order chi connectivity index (χ1) is 12.9. The van der Waals surface area contributed by atoms with Crippen LogP contribution in [0.15, 0.2) is 35.3 Å². The van der Waals surface area contributed by atoms with Crippen molar-refractivity contribution in [1.29, 1.82) is 0 Å². The van der Waals surface area contributed by atoms with Crippen LogP contribution in [0.2, 0.25) is 10.0 Å². The van der Waals surface area contributed by atoms with Crippen LogP contribution in [0.5, 0.6) is 0 Å². The molecule has 0 saturated carbocycles. The van der Waals surface area contributed by atoms with Crippen LogP contribution >= 0.6 is 34.5 Å².